The van der Waals surface area contributed by atoms with Crippen LogP contribution in [0.4, 0.5) is 0 Å². The Balaban J connectivity index is 1.95. The quantitative estimate of drug-likeness (QED) is 0.664. The lowest BCUT2D eigenvalue weighted by Crippen LogP contribution is -2.40. The molecule has 2 aromatic carbocycles. The zero-order chi connectivity index (χ0) is 17.8. The molecule has 1 fully saturated rings. The minimum Gasteiger partial charge on any atom is -0.366 e. The maximum absolute atomic E-state index is 6.13. The van der Waals surface area contributed by atoms with Crippen LogP contribution in [0.5, 0.6) is 0 Å². The third kappa shape index (κ3) is 2.47. The summed E-state index contributed by atoms with van der Waals surface area (Å²) < 4.78 is 8.18. The molecule has 1 saturated heterocycles. The third-order valence-electron chi connectivity index (χ3n) is 5.64. The molecular weight excluding hydrogens is 310 g/mol. The first kappa shape index (κ1) is 16.3. The summed E-state index contributed by atoms with van der Waals surface area (Å²) in [5.41, 5.74) is 5.50. The van der Waals surface area contributed by atoms with E-state index in [0.29, 0.717) is 0 Å². The Morgan fingerprint density at radius 2 is 1.80 bits per heavy atom. The Hall–Kier alpha value is -2.20. The number of para-hydroxylation sites is 1. The topological polar surface area (TPSA) is 43.2 Å². The highest BCUT2D eigenvalue weighted by atomic mass is 16.6. The van der Waals surface area contributed by atoms with E-state index < -0.39 is 0 Å². The molecule has 4 heteroatoms. The largest absolute Gasteiger partial charge is 0.366 e. The first-order chi connectivity index (χ1) is 11.8. The zero-order valence-electron chi connectivity index (χ0n) is 15.6. The predicted molar refractivity (Wildman–Crippen MR) is 99.7 cm³/mol. The lowest BCUT2D eigenvalue weighted by molar-refractivity contribution is 0.108. The average Bonchev–Trinajstić information content (AvgIpc) is 3.27. The fourth-order valence-electron chi connectivity index (χ4n) is 3.70. The maximum atomic E-state index is 6.13. The molecule has 130 valence electrons. The third-order valence-corrected chi connectivity index (χ3v) is 5.64. The van der Waals surface area contributed by atoms with E-state index >= 15 is 0 Å². The van der Waals surface area contributed by atoms with Gasteiger partial charge in [0.15, 0.2) is 0 Å². The van der Waals surface area contributed by atoms with Gasteiger partial charge in [-0.1, -0.05) is 56.3 Å². The monoisotopic (exact) mass is 335 g/mol. The van der Waals surface area contributed by atoms with E-state index in [0.717, 1.165) is 17.6 Å². The fraction of sp³-hybridized carbons (Fsp3) is 0.429. The van der Waals surface area contributed by atoms with Crippen molar-refractivity contribution >= 4 is 11.0 Å². The van der Waals surface area contributed by atoms with Crippen molar-refractivity contribution in [3.63, 3.8) is 0 Å². The standard InChI is InChI=1S/C21H25N3O/c1-14-10-11-16(12-15(14)2)19(21(13-25-21)20(3,4)5)24-18-9-7-6-8-17(18)22-23-24/h6-12,19H,13H2,1-5H3/t19-,21+/m0/s1. The number of hydrogen-bond donors (Lipinski definition) is 0. The Morgan fingerprint density at radius 3 is 2.44 bits per heavy atom. The predicted octanol–water partition coefficient (Wildman–Crippen LogP) is 4.45. The SMILES string of the molecule is Cc1ccc([C@H](n2nnc3ccccc32)[C@@]2(C(C)(C)C)CO2)cc1C. The van der Waals surface area contributed by atoms with Gasteiger partial charge < -0.3 is 4.74 Å². The van der Waals surface area contributed by atoms with Gasteiger partial charge in [-0.15, -0.1) is 5.10 Å². The summed E-state index contributed by atoms with van der Waals surface area (Å²) in [6, 6.07) is 14.8. The Bertz CT molecular complexity index is 932. The van der Waals surface area contributed by atoms with Crippen molar-refractivity contribution in [2.24, 2.45) is 5.41 Å². The molecule has 0 unspecified atom stereocenters. The van der Waals surface area contributed by atoms with Gasteiger partial charge in [-0.3, -0.25) is 0 Å². The van der Waals surface area contributed by atoms with E-state index in [1.807, 2.05) is 18.2 Å². The normalized spacial score (nSPS) is 21.5. The number of hydrogen-bond acceptors (Lipinski definition) is 3. The first-order valence-corrected chi connectivity index (χ1v) is 8.84. The maximum Gasteiger partial charge on any atom is 0.123 e. The van der Waals surface area contributed by atoms with Crippen LogP contribution in [0.3, 0.4) is 0 Å². The van der Waals surface area contributed by atoms with Gasteiger partial charge in [0, 0.05) is 0 Å². The summed E-state index contributed by atoms with van der Waals surface area (Å²) in [5.74, 6) is 0. The van der Waals surface area contributed by atoms with Gasteiger partial charge in [0.2, 0.25) is 0 Å². The van der Waals surface area contributed by atoms with E-state index in [9.17, 15) is 0 Å². The molecule has 4 rings (SSSR count). The van der Waals surface area contributed by atoms with Crippen LogP contribution in [0, 0.1) is 19.3 Å². The van der Waals surface area contributed by atoms with Gasteiger partial charge in [0.1, 0.15) is 17.2 Å². The highest BCUT2D eigenvalue weighted by Gasteiger charge is 2.61. The summed E-state index contributed by atoms with van der Waals surface area (Å²) in [7, 11) is 0. The second-order valence-corrected chi connectivity index (χ2v) is 8.20. The molecule has 3 aromatic rings. The van der Waals surface area contributed by atoms with Gasteiger partial charge in [0.25, 0.3) is 0 Å². The number of aryl methyl sites for hydroxylation is 2. The molecule has 0 amide bonds. The van der Waals surface area contributed by atoms with Crippen LogP contribution in [0.25, 0.3) is 11.0 Å². The number of epoxide rings is 1. The number of fused-ring (bicyclic) bond motifs is 1. The molecule has 0 bridgehead atoms. The van der Waals surface area contributed by atoms with Crippen molar-refractivity contribution in [2.75, 3.05) is 6.61 Å². The van der Waals surface area contributed by atoms with Gasteiger partial charge >= 0.3 is 0 Å². The van der Waals surface area contributed by atoms with Crippen molar-refractivity contribution in [3.8, 4) is 0 Å². The Labute approximate surface area is 148 Å². The minimum atomic E-state index is -0.273. The van der Waals surface area contributed by atoms with E-state index in [1.165, 1.54) is 16.7 Å². The van der Waals surface area contributed by atoms with Crippen molar-refractivity contribution in [3.05, 3.63) is 59.2 Å². The Kier molecular flexibility index (Phi) is 3.51. The Morgan fingerprint density at radius 1 is 1.08 bits per heavy atom. The molecule has 1 aliphatic rings. The average molecular weight is 335 g/mol. The van der Waals surface area contributed by atoms with Crippen LogP contribution >= 0.6 is 0 Å². The van der Waals surface area contributed by atoms with Crippen molar-refractivity contribution in [1.29, 1.82) is 0 Å². The van der Waals surface area contributed by atoms with Crippen LogP contribution in [0.2, 0.25) is 0 Å². The molecule has 0 aliphatic carbocycles. The number of ether oxygens (including phenoxy) is 1. The van der Waals surface area contributed by atoms with Crippen LogP contribution in [0.1, 0.15) is 43.5 Å². The van der Waals surface area contributed by atoms with Gasteiger partial charge in [-0.25, -0.2) is 4.68 Å². The van der Waals surface area contributed by atoms with E-state index in [1.54, 1.807) is 0 Å². The molecule has 1 aliphatic heterocycles. The van der Waals surface area contributed by atoms with E-state index in [4.69, 9.17) is 4.74 Å². The van der Waals surface area contributed by atoms with E-state index in [2.05, 4.69) is 73.9 Å². The lowest BCUT2D eigenvalue weighted by Gasteiger charge is -2.35. The molecule has 1 aromatic heterocycles. The number of rotatable bonds is 3. The second-order valence-electron chi connectivity index (χ2n) is 8.20. The number of benzene rings is 2. The van der Waals surface area contributed by atoms with Crippen LogP contribution in [-0.2, 0) is 4.74 Å². The molecule has 0 saturated carbocycles. The minimum absolute atomic E-state index is 0.000741. The van der Waals surface area contributed by atoms with Crippen LogP contribution in [-0.4, -0.2) is 27.2 Å². The van der Waals surface area contributed by atoms with Crippen molar-refractivity contribution < 1.29 is 4.74 Å². The van der Waals surface area contributed by atoms with Gasteiger partial charge in [0.05, 0.1) is 12.1 Å². The molecule has 0 radical (unpaired) electrons. The molecule has 25 heavy (non-hydrogen) atoms. The molecule has 0 N–H and O–H groups in total. The van der Waals surface area contributed by atoms with Gasteiger partial charge in [-0.2, -0.15) is 0 Å². The van der Waals surface area contributed by atoms with Crippen LogP contribution < -0.4 is 0 Å². The molecule has 2 heterocycles. The number of aromatic nitrogens is 3. The summed E-state index contributed by atoms with van der Waals surface area (Å²) >= 11 is 0. The van der Waals surface area contributed by atoms with Gasteiger partial charge in [-0.05, 0) is 48.1 Å². The smallest absolute Gasteiger partial charge is 0.123 e. The van der Waals surface area contributed by atoms with Crippen molar-refractivity contribution in [2.45, 2.75) is 46.3 Å². The summed E-state index contributed by atoms with van der Waals surface area (Å²) in [6.07, 6.45) is 0. The molecular formula is C21H25N3O. The summed E-state index contributed by atoms with van der Waals surface area (Å²) in [5, 5.41) is 8.92. The second kappa shape index (κ2) is 5.40. The summed E-state index contributed by atoms with van der Waals surface area (Å²) in [6.45, 7) is 11.8. The summed E-state index contributed by atoms with van der Waals surface area (Å²) in [4.78, 5) is 0. The zero-order valence-corrected chi connectivity index (χ0v) is 15.6. The molecule has 4 nitrogen and oxygen atoms in total. The molecule has 2 atom stereocenters. The first-order valence-electron chi connectivity index (χ1n) is 8.84. The highest BCUT2D eigenvalue weighted by molar-refractivity contribution is 5.74. The molecule has 0 spiro atoms. The van der Waals surface area contributed by atoms with Crippen LogP contribution in [0.15, 0.2) is 42.5 Å². The number of nitrogens with zero attached hydrogens (tertiary/aromatic N) is 3. The van der Waals surface area contributed by atoms with E-state index in [-0.39, 0.29) is 17.1 Å². The van der Waals surface area contributed by atoms with Crippen molar-refractivity contribution in [1.82, 2.24) is 15.0 Å². The lowest BCUT2D eigenvalue weighted by atomic mass is 9.74. The highest BCUT2D eigenvalue weighted by Crippen LogP contribution is 2.54. The fourth-order valence-corrected chi connectivity index (χ4v) is 3.70.